The molecular weight excluding hydrogens is 366 g/mol. The van der Waals surface area contributed by atoms with Gasteiger partial charge in [-0.05, 0) is 18.2 Å². The number of carbonyl (C=O) groups excluding carboxylic acids is 1. The maximum Gasteiger partial charge on any atom is 0.471 e. The zero-order chi connectivity index (χ0) is 19.1. The third-order valence-electron chi connectivity index (χ3n) is 3.51. The first-order valence-corrected chi connectivity index (χ1v) is 7.02. The summed E-state index contributed by atoms with van der Waals surface area (Å²) in [5.74, 6) is -5.37. The second kappa shape index (κ2) is 6.37. The number of aromatic nitrogens is 2. The fourth-order valence-corrected chi connectivity index (χ4v) is 2.36. The van der Waals surface area contributed by atoms with Crippen molar-refractivity contribution >= 4 is 17.6 Å². The molecule has 0 aliphatic carbocycles. The molecule has 8 nitrogen and oxygen atoms in total. The molecule has 0 unspecified atom stereocenters. The Morgan fingerprint density at radius 1 is 1.35 bits per heavy atom. The van der Waals surface area contributed by atoms with Crippen LogP contribution in [0.3, 0.4) is 0 Å². The molecule has 1 saturated heterocycles. The van der Waals surface area contributed by atoms with Crippen LogP contribution in [0.4, 0.5) is 23.2 Å². The van der Waals surface area contributed by atoms with E-state index in [4.69, 9.17) is 9.84 Å². The summed E-state index contributed by atoms with van der Waals surface area (Å²) in [7, 11) is 0. The van der Waals surface area contributed by atoms with Gasteiger partial charge in [-0.15, -0.1) is 0 Å². The van der Waals surface area contributed by atoms with E-state index < -0.39 is 47.2 Å². The number of rotatable bonds is 3. The van der Waals surface area contributed by atoms with Gasteiger partial charge in [-0.25, -0.2) is 9.18 Å². The van der Waals surface area contributed by atoms with Crippen molar-refractivity contribution in [2.24, 2.45) is 0 Å². The Labute approximate surface area is 142 Å². The molecule has 2 aromatic rings. The molecule has 1 aromatic heterocycles. The molecule has 1 aliphatic heterocycles. The Kier molecular flexibility index (Phi) is 4.36. The fraction of sp³-hybridized carbons (Fsp3) is 0.286. The number of carboxylic acids is 1. The molecule has 26 heavy (non-hydrogen) atoms. The van der Waals surface area contributed by atoms with E-state index in [1.54, 1.807) is 0 Å². The number of halogens is 4. The molecule has 1 atom stereocenters. The Bertz CT molecular complexity index is 867. The number of amides is 1. The summed E-state index contributed by atoms with van der Waals surface area (Å²) in [4.78, 5) is 27.1. The summed E-state index contributed by atoms with van der Waals surface area (Å²) < 4.78 is 60.7. The fourth-order valence-electron chi connectivity index (χ4n) is 2.36. The van der Waals surface area contributed by atoms with Crippen LogP contribution in [0.25, 0.3) is 11.4 Å². The third-order valence-corrected chi connectivity index (χ3v) is 3.51. The Morgan fingerprint density at radius 2 is 2.08 bits per heavy atom. The van der Waals surface area contributed by atoms with E-state index in [0.29, 0.717) is 0 Å². The average Bonchev–Trinajstić information content (AvgIpc) is 3.04. The normalized spacial score (nSPS) is 18.2. The van der Waals surface area contributed by atoms with Crippen LogP contribution in [-0.2, 0) is 20.5 Å². The van der Waals surface area contributed by atoms with Crippen LogP contribution in [0, 0.1) is 5.82 Å². The van der Waals surface area contributed by atoms with Crippen LogP contribution in [0.5, 0.6) is 0 Å². The van der Waals surface area contributed by atoms with E-state index in [2.05, 4.69) is 14.7 Å². The topological polar surface area (TPSA) is 106 Å². The third kappa shape index (κ3) is 3.22. The van der Waals surface area contributed by atoms with E-state index in [0.717, 1.165) is 17.0 Å². The summed E-state index contributed by atoms with van der Waals surface area (Å²) in [6, 6.07) is 1.64. The van der Waals surface area contributed by atoms with E-state index in [1.807, 2.05) is 0 Å². The number of carbonyl (C=O) groups is 2. The van der Waals surface area contributed by atoms with Crippen molar-refractivity contribution in [1.82, 2.24) is 10.1 Å². The van der Waals surface area contributed by atoms with Crippen molar-refractivity contribution in [2.45, 2.75) is 12.2 Å². The number of nitrogens with zero attached hydrogens (tertiary/aromatic N) is 3. The lowest BCUT2D eigenvalue weighted by Gasteiger charge is -2.32. The van der Waals surface area contributed by atoms with Crippen LogP contribution in [0.15, 0.2) is 22.7 Å². The lowest BCUT2D eigenvalue weighted by molar-refractivity contribution is -0.159. The van der Waals surface area contributed by atoms with Gasteiger partial charge in [0.05, 0.1) is 12.2 Å². The lowest BCUT2D eigenvalue weighted by atomic mass is 10.1. The monoisotopic (exact) mass is 375 g/mol. The van der Waals surface area contributed by atoms with Gasteiger partial charge < -0.3 is 14.4 Å². The number of ether oxygens (including phenoxy) is 1. The van der Waals surface area contributed by atoms with Crippen LogP contribution in [0.2, 0.25) is 0 Å². The van der Waals surface area contributed by atoms with Gasteiger partial charge in [0.15, 0.2) is 6.04 Å². The lowest BCUT2D eigenvalue weighted by Crippen LogP contribution is -2.53. The maximum absolute atomic E-state index is 14.3. The van der Waals surface area contributed by atoms with E-state index in [9.17, 15) is 27.2 Å². The number of anilines is 1. The highest BCUT2D eigenvalue weighted by Crippen LogP contribution is 2.31. The largest absolute Gasteiger partial charge is 0.480 e. The van der Waals surface area contributed by atoms with Crippen molar-refractivity contribution in [3.8, 4) is 11.4 Å². The Morgan fingerprint density at radius 3 is 2.65 bits per heavy atom. The highest BCUT2D eigenvalue weighted by molar-refractivity contribution is 6.00. The zero-order valence-corrected chi connectivity index (χ0v) is 12.7. The Hall–Kier alpha value is -3.02. The number of aliphatic carboxylic acids is 1. The quantitative estimate of drug-likeness (QED) is 0.814. The number of alkyl halides is 3. The van der Waals surface area contributed by atoms with Gasteiger partial charge in [-0.1, -0.05) is 5.16 Å². The summed E-state index contributed by atoms with van der Waals surface area (Å²) in [6.45, 7) is -0.669. The molecular formula is C14H9F4N3O5. The summed E-state index contributed by atoms with van der Waals surface area (Å²) in [5.41, 5.74) is -0.493. The summed E-state index contributed by atoms with van der Waals surface area (Å²) in [6.07, 6.45) is -4.88. The maximum atomic E-state index is 14.3. The molecule has 0 spiro atoms. The molecule has 0 radical (unpaired) electrons. The summed E-state index contributed by atoms with van der Waals surface area (Å²) in [5, 5.41) is 12.2. The number of morpholine rings is 1. The van der Waals surface area contributed by atoms with Gasteiger partial charge >= 0.3 is 18.0 Å². The van der Waals surface area contributed by atoms with Gasteiger partial charge in [0.1, 0.15) is 12.4 Å². The number of hydrogen-bond donors (Lipinski definition) is 1. The van der Waals surface area contributed by atoms with Crippen LogP contribution in [0.1, 0.15) is 5.89 Å². The number of hydrogen-bond acceptors (Lipinski definition) is 6. The zero-order valence-electron chi connectivity index (χ0n) is 12.7. The van der Waals surface area contributed by atoms with E-state index in [-0.39, 0.29) is 18.9 Å². The van der Waals surface area contributed by atoms with Crippen LogP contribution < -0.4 is 4.90 Å². The SMILES string of the molecule is O=C(O)[C@@H]1COCC(=O)N1c1ccc(-c2noc(C(F)(F)F)n2)c(F)c1. The van der Waals surface area contributed by atoms with E-state index >= 15 is 0 Å². The smallest absolute Gasteiger partial charge is 0.471 e. The first kappa shape index (κ1) is 17.8. The molecule has 0 bridgehead atoms. The molecule has 2 heterocycles. The van der Waals surface area contributed by atoms with Gasteiger partial charge in [-0.3, -0.25) is 9.69 Å². The van der Waals surface area contributed by atoms with Gasteiger partial charge in [0.25, 0.3) is 5.91 Å². The predicted molar refractivity (Wildman–Crippen MR) is 74.4 cm³/mol. The minimum absolute atomic E-state index is 0.0912. The van der Waals surface area contributed by atoms with Gasteiger partial charge in [0, 0.05) is 5.69 Å². The predicted octanol–water partition coefficient (Wildman–Crippen LogP) is 1.71. The summed E-state index contributed by atoms with van der Waals surface area (Å²) >= 11 is 0. The van der Waals surface area contributed by atoms with Crippen molar-refractivity contribution in [3.63, 3.8) is 0 Å². The minimum atomic E-state index is -4.88. The number of benzene rings is 1. The molecule has 138 valence electrons. The van der Waals surface area contributed by atoms with Crippen molar-refractivity contribution in [2.75, 3.05) is 18.1 Å². The van der Waals surface area contributed by atoms with Crippen molar-refractivity contribution in [1.29, 1.82) is 0 Å². The first-order valence-electron chi connectivity index (χ1n) is 7.02. The van der Waals surface area contributed by atoms with Crippen LogP contribution in [-0.4, -0.2) is 46.4 Å². The second-order valence-electron chi connectivity index (χ2n) is 5.22. The molecule has 3 rings (SSSR count). The highest BCUT2D eigenvalue weighted by atomic mass is 19.4. The molecule has 0 saturated carbocycles. The molecule has 1 aromatic carbocycles. The van der Waals surface area contributed by atoms with Gasteiger partial charge in [-0.2, -0.15) is 18.2 Å². The van der Waals surface area contributed by atoms with Crippen molar-refractivity contribution in [3.05, 3.63) is 29.9 Å². The molecule has 1 amide bonds. The number of carboxylic acid groups (broad SMARTS) is 1. The molecule has 12 heteroatoms. The van der Waals surface area contributed by atoms with Gasteiger partial charge in [0.2, 0.25) is 5.82 Å². The minimum Gasteiger partial charge on any atom is -0.480 e. The molecule has 1 fully saturated rings. The standard InChI is InChI=1S/C14H9F4N3O5/c15-8-3-6(21-9(12(23)24)4-25-5-10(21)22)1-2-7(8)11-19-13(26-20-11)14(16,17)18/h1-3,9H,4-5H2,(H,23,24)/t9-/m0/s1. The van der Waals surface area contributed by atoms with E-state index in [1.165, 1.54) is 6.07 Å². The van der Waals surface area contributed by atoms with Crippen molar-refractivity contribution < 1.29 is 41.5 Å². The molecule has 1 N–H and O–H groups in total. The van der Waals surface area contributed by atoms with Crippen LogP contribution >= 0.6 is 0 Å². The highest BCUT2D eigenvalue weighted by Gasteiger charge is 2.39. The Balaban J connectivity index is 1.95. The molecule has 1 aliphatic rings. The first-order chi connectivity index (χ1) is 12.2. The second-order valence-corrected chi connectivity index (χ2v) is 5.22. The average molecular weight is 375 g/mol.